The Morgan fingerprint density at radius 2 is 1.65 bits per heavy atom. The van der Waals surface area contributed by atoms with Gasteiger partial charge in [-0.05, 0) is 27.2 Å². The molecule has 5 heteroatoms. The van der Waals surface area contributed by atoms with Crippen molar-refractivity contribution < 1.29 is 24.2 Å². The van der Waals surface area contributed by atoms with Crippen molar-refractivity contribution in [2.24, 2.45) is 5.41 Å². The third-order valence-electron chi connectivity index (χ3n) is 2.06. The predicted molar refractivity (Wildman–Crippen MR) is 61.1 cm³/mol. The largest absolute Gasteiger partial charge is 0.481 e. The summed E-state index contributed by atoms with van der Waals surface area (Å²) >= 11 is 0. The molecule has 0 spiro atoms. The van der Waals surface area contributed by atoms with E-state index in [9.17, 15) is 14.4 Å². The number of hydrogen-bond donors (Lipinski definition) is 1. The molecule has 0 unspecified atom stereocenters. The number of rotatable bonds is 5. The van der Waals surface area contributed by atoms with Gasteiger partial charge < -0.3 is 9.84 Å². The lowest BCUT2D eigenvalue weighted by molar-refractivity contribution is -0.154. The zero-order valence-corrected chi connectivity index (χ0v) is 10.2. The molecule has 0 aromatic rings. The van der Waals surface area contributed by atoms with Crippen LogP contribution in [-0.2, 0) is 19.1 Å². The first kappa shape index (κ1) is 15.1. The Morgan fingerprint density at radius 3 is 2.00 bits per heavy atom. The van der Waals surface area contributed by atoms with Gasteiger partial charge in [-0.25, -0.2) is 9.59 Å². The van der Waals surface area contributed by atoms with Crippen LogP contribution in [0.5, 0.6) is 0 Å². The second kappa shape index (κ2) is 5.43. The average molecular weight is 240 g/mol. The van der Waals surface area contributed by atoms with E-state index in [-0.39, 0.29) is 17.6 Å². The molecule has 0 saturated heterocycles. The van der Waals surface area contributed by atoms with Crippen LogP contribution in [0.1, 0.15) is 27.2 Å². The number of hydrogen-bond acceptors (Lipinski definition) is 4. The molecule has 0 aromatic carbocycles. The van der Waals surface area contributed by atoms with Gasteiger partial charge in [-0.1, -0.05) is 13.2 Å². The molecule has 0 heterocycles. The Bertz CT molecular complexity index is 390. The minimum atomic E-state index is -1.14. The van der Waals surface area contributed by atoms with E-state index in [1.807, 2.05) is 0 Å². The summed E-state index contributed by atoms with van der Waals surface area (Å²) in [7, 11) is 0. The molecule has 0 amide bonds. The van der Waals surface area contributed by atoms with Crippen molar-refractivity contribution in [1.82, 2.24) is 0 Å². The van der Waals surface area contributed by atoms with E-state index in [4.69, 9.17) is 5.11 Å². The lowest BCUT2D eigenvalue weighted by Gasteiger charge is -2.19. The number of ether oxygens (including phenoxy) is 1. The van der Waals surface area contributed by atoms with Crippen LogP contribution in [0.15, 0.2) is 24.3 Å². The molecule has 0 bridgehead atoms. The first-order valence-electron chi connectivity index (χ1n) is 4.91. The topological polar surface area (TPSA) is 80.7 Å². The molecule has 0 aliphatic carbocycles. The van der Waals surface area contributed by atoms with Crippen molar-refractivity contribution in [3.8, 4) is 0 Å². The van der Waals surface area contributed by atoms with Crippen LogP contribution in [-0.4, -0.2) is 23.0 Å². The molecule has 0 aromatic heterocycles. The molecule has 0 aliphatic heterocycles. The highest BCUT2D eigenvalue weighted by molar-refractivity contribution is 6.01. The molecular weight excluding hydrogens is 224 g/mol. The predicted octanol–water partition coefficient (Wildman–Crippen LogP) is 1.69. The first-order chi connectivity index (χ1) is 7.58. The molecule has 0 aliphatic rings. The lowest BCUT2D eigenvalue weighted by atomic mass is 9.86. The van der Waals surface area contributed by atoms with Gasteiger partial charge in [-0.2, -0.15) is 0 Å². The lowest BCUT2D eigenvalue weighted by Crippen LogP contribution is -2.26. The summed E-state index contributed by atoms with van der Waals surface area (Å²) in [6.07, 6.45) is -0.0926. The summed E-state index contributed by atoms with van der Waals surface area (Å²) in [5.41, 5.74) is -1.11. The molecule has 94 valence electrons. The SMILES string of the molecule is C=C(C)C(=O)OC(=O)C(=C)CC(C)(C)C(=O)O. The molecule has 0 saturated carbocycles. The maximum absolute atomic E-state index is 11.4. The summed E-state index contributed by atoms with van der Waals surface area (Å²) in [4.78, 5) is 33.3. The molecule has 5 nitrogen and oxygen atoms in total. The van der Waals surface area contributed by atoms with Crippen LogP contribution < -0.4 is 0 Å². The van der Waals surface area contributed by atoms with E-state index in [0.717, 1.165) is 0 Å². The maximum atomic E-state index is 11.4. The van der Waals surface area contributed by atoms with Crippen LogP contribution in [0.3, 0.4) is 0 Å². The van der Waals surface area contributed by atoms with Crippen LogP contribution >= 0.6 is 0 Å². The summed E-state index contributed by atoms with van der Waals surface area (Å²) in [5.74, 6) is -2.82. The fourth-order valence-electron chi connectivity index (χ4n) is 0.925. The highest BCUT2D eigenvalue weighted by Gasteiger charge is 2.30. The number of esters is 2. The van der Waals surface area contributed by atoms with Crippen molar-refractivity contribution in [3.05, 3.63) is 24.3 Å². The fraction of sp³-hybridized carbons (Fsp3) is 0.417. The number of carbonyl (C=O) groups is 3. The van der Waals surface area contributed by atoms with Gasteiger partial charge in [0, 0.05) is 11.1 Å². The van der Waals surface area contributed by atoms with Gasteiger partial charge in [0.05, 0.1) is 5.41 Å². The smallest absolute Gasteiger partial charge is 0.341 e. The van der Waals surface area contributed by atoms with Gasteiger partial charge in [0.1, 0.15) is 0 Å². The highest BCUT2D eigenvalue weighted by atomic mass is 16.6. The highest BCUT2D eigenvalue weighted by Crippen LogP contribution is 2.25. The molecule has 0 atom stereocenters. The number of aliphatic carboxylic acids is 1. The van der Waals surface area contributed by atoms with Crippen molar-refractivity contribution in [1.29, 1.82) is 0 Å². The summed E-state index contributed by atoms with van der Waals surface area (Å²) in [6, 6.07) is 0. The standard InChI is InChI=1S/C12H16O5/c1-7(2)9(13)17-10(14)8(3)6-12(4,5)11(15)16/h1,3,6H2,2,4-5H3,(H,15,16). The molecule has 0 radical (unpaired) electrons. The van der Waals surface area contributed by atoms with Gasteiger partial charge in [-0.3, -0.25) is 4.79 Å². The Morgan fingerprint density at radius 1 is 1.18 bits per heavy atom. The summed E-state index contributed by atoms with van der Waals surface area (Å²) in [5, 5.41) is 8.87. The quantitative estimate of drug-likeness (QED) is 0.449. The van der Waals surface area contributed by atoms with Crippen molar-refractivity contribution in [3.63, 3.8) is 0 Å². The third kappa shape index (κ3) is 4.63. The second-order valence-electron chi connectivity index (χ2n) is 4.43. The maximum Gasteiger partial charge on any atom is 0.341 e. The molecule has 0 rings (SSSR count). The zero-order valence-electron chi connectivity index (χ0n) is 10.2. The molecule has 17 heavy (non-hydrogen) atoms. The Balaban J connectivity index is 4.54. The van der Waals surface area contributed by atoms with Gasteiger partial charge in [0.15, 0.2) is 0 Å². The monoisotopic (exact) mass is 240 g/mol. The second-order valence-corrected chi connectivity index (χ2v) is 4.43. The minimum absolute atomic E-state index is 0.0630. The van der Waals surface area contributed by atoms with E-state index >= 15 is 0 Å². The zero-order chi connectivity index (χ0) is 13.8. The van der Waals surface area contributed by atoms with Crippen molar-refractivity contribution >= 4 is 17.9 Å². The van der Waals surface area contributed by atoms with E-state index in [1.165, 1.54) is 20.8 Å². The van der Waals surface area contributed by atoms with E-state index in [1.54, 1.807) is 0 Å². The molecule has 0 fully saturated rings. The van der Waals surface area contributed by atoms with Crippen molar-refractivity contribution in [2.45, 2.75) is 27.2 Å². The Hall–Kier alpha value is -1.91. The summed E-state index contributed by atoms with van der Waals surface area (Å²) in [6.45, 7) is 11.0. The first-order valence-corrected chi connectivity index (χ1v) is 4.91. The number of carboxylic acids is 1. The van der Waals surface area contributed by atoms with Crippen LogP contribution in [0.4, 0.5) is 0 Å². The Labute approximate surface area is 99.8 Å². The van der Waals surface area contributed by atoms with Gasteiger partial charge in [0.2, 0.25) is 0 Å². The van der Waals surface area contributed by atoms with Crippen LogP contribution in [0.25, 0.3) is 0 Å². The third-order valence-corrected chi connectivity index (χ3v) is 2.06. The summed E-state index contributed by atoms with van der Waals surface area (Å²) < 4.78 is 4.43. The Kier molecular flexibility index (Phi) is 4.82. The molecule has 1 N–H and O–H groups in total. The fourth-order valence-corrected chi connectivity index (χ4v) is 0.925. The average Bonchev–Trinajstić information content (AvgIpc) is 2.16. The number of carbonyl (C=O) groups excluding carboxylic acids is 2. The van der Waals surface area contributed by atoms with Crippen LogP contribution in [0.2, 0.25) is 0 Å². The van der Waals surface area contributed by atoms with Gasteiger partial charge >= 0.3 is 17.9 Å². The van der Waals surface area contributed by atoms with Gasteiger partial charge in [-0.15, -0.1) is 0 Å². The van der Waals surface area contributed by atoms with Gasteiger partial charge in [0.25, 0.3) is 0 Å². The van der Waals surface area contributed by atoms with E-state index in [0.29, 0.717) is 0 Å². The molecular formula is C12H16O5. The van der Waals surface area contributed by atoms with Crippen molar-refractivity contribution in [2.75, 3.05) is 0 Å². The number of carboxylic acid groups (broad SMARTS) is 1. The van der Waals surface area contributed by atoms with E-state index < -0.39 is 23.3 Å². The normalized spacial score (nSPS) is 10.5. The van der Waals surface area contributed by atoms with Crippen LogP contribution in [0, 0.1) is 5.41 Å². The van der Waals surface area contributed by atoms with E-state index in [2.05, 4.69) is 17.9 Å². The minimum Gasteiger partial charge on any atom is -0.481 e.